The molecule has 17 nitrogen and oxygen atoms in total. The molecule has 0 fully saturated rings. The van der Waals surface area contributed by atoms with Gasteiger partial charge in [-0.1, -0.05) is 42.5 Å². The molecule has 2 atom stereocenters. The minimum atomic E-state index is -1.65. The third-order valence-electron chi connectivity index (χ3n) is 8.85. The predicted molar refractivity (Wildman–Crippen MR) is 202 cm³/mol. The minimum absolute atomic E-state index is 0.0916. The number of hydrogen-bond donors (Lipinski definition) is 5. The van der Waals surface area contributed by atoms with Gasteiger partial charge in [-0.2, -0.15) is 0 Å². The van der Waals surface area contributed by atoms with Gasteiger partial charge in [0, 0.05) is 43.4 Å². The van der Waals surface area contributed by atoms with Gasteiger partial charge in [-0.15, -0.1) is 0 Å². The molecule has 0 bridgehead atoms. The average molecular weight is 762 g/mol. The lowest BCUT2D eigenvalue weighted by Crippen LogP contribution is -2.57. The lowest BCUT2D eigenvalue weighted by molar-refractivity contribution is -0.138. The zero-order valence-corrected chi connectivity index (χ0v) is 30.4. The van der Waals surface area contributed by atoms with Crippen LogP contribution in [0.2, 0.25) is 0 Å². The van der Waals surface area contributed by atoms with Crippen LogP contribution in [-0.2, 0) is 30.5 Å². The van der Waals surface area contributed by atoms with Crippen molar-refractivity contribution in [2.75, 3.05) is 21.7 Å². The van der Waals surface area contributed by atoms with Crippen LogP contribution in [0.1, 0.15) is 66.3 Å². The number of esters is 2. The molecule has 0 aliphatic carbocycles. The predicted octanol–water partition coefficient (Wildman–Crippen LogP) is 4.92. The van der Waals surface area contributed by atoms with Crippen molar-refractivity contribution in [2.24, 2.45) is 0 Å². The molecule has 5 N–H and O–H groups in total. The molecule has 288 valence electrons. The number of para-hydroxylation sites is 2. The molecule has 3 aromatic carbocycles. The quantitative estimate of drug-likeness (QED) is 0.0620. The standard InChI is InChI=1S/C39H39N9O8/c1-24(33-40-18-19-41-33)47-29-14-6-7-15-30(29)48(25(2)34-42-20-21-43-34)36(51)32(35(47)50)46-38(53)45-28-13-8-10-26(22-28)23-55-39(54)44-17-9-16-31(49)56-37(52)27-11-4-3-5-12-27/h3-8,10-15,18-22,24-25,32H,9,16-17,23H2,1-2H3,(H,40,41)(H,42,43)(H,44,54)(H2,45,46,53). The molecular weight excluding hydrogens is 722 g/mol. The van der Waals surface area contributed by atoms with Gasteiger partial charge < -0.3 is 35.4 Å². The topological polar surface area (TPSA) is 221 Å². The van der Waals surface area contributed by atoms with Crippen molar-refractivity contribution in [3.8, 4) is 0 Å². The summed E-state index contributed by atoms with van der Waals surface area (Å²) in [6.45, 7) is 3.46. The maximum Gasteiger partial charge on any atom is 0.407 e. The summed E-state index contributed by atoms with van der Waals surface area (Å²) < 4.78 is 10.1. The molecular formula is C39H39N9O8. The van der Waals surface area contributed by atoms with Crippen LogP contribution < -0.4 is 25.8 Å². The Morgan fingerprint density at radius 1 is 0.804 bits per heavy atom. The first kappa shape index (κ1) is 38.4. The summed E-state index contributed by atoms with van der Waals surface area (Å²) in [5, 5.41) is 7.78. The number of alkyl carbamates (subject to hydrolysis) is 1. The van der Waals surface area contributed by atoms with E-state index in [0.717, 1.165) is 0 Å². The highest BCUT2D eigenvalue weighted by molar-refractivity contribution is 6.22. The molecule has 2 aromatic heterocycles. The fraction of sp³-hybridized carbons (Fsp3) is 0.231. The second kappa shape index (κ2) is 17.7. The van der Waals surface area contributed by atoms with Gasteiger partial charge in [0.1, 0.15) is 18.3 Å². The highest BCUT2D eigenvalue weighted by Gasteiger charge is 2.45. The Morgan fingerprint density at radius 2 is 1.41 bits per heavy atom. The molecule has 1 aliphatic heterocycles. The lowest BCUT2D eigenvalue weighted by Gasteiger charge is -2.30. The van der Waals surface area contributed by atoms with Crippen LogP contribution in [-0.4, -0.2) is 68.4 Å². The zero-order chi connectivity index (χ0) is 39.6. The number of H-pyrrole nitrogens is 2. The fourth-order valence-electron chi connectivity index (χ4n) is 6.12. The second-order valence-electron chi connectivity index (χ2n) is 12.7. The van der Waals surface area contributed by atoms with Gasteiger partial charge in [0.2, 0.25) is 0 Å². The molecule has 0 saturated carbocycles. The van der Waals surface area contributed by atoms with E-state index in [0.29, 0.717) is 34.3 Å². The number of hydrogen-bond acceptors (Lipinski definition) is 10. The van der Waals surface area contributed by atoms with Crippen molar-refractivity contribution >= 4 is 52.9 Å². The van der Waals surface area contributed by atoms with E-state index in [-0.39, 0.29) is 31.6 Å². The number of carbonyl (C=O) groups excluding carboxylic acids is 6. The van der Waals surface area contributed by atoms with Gasteiger partial charge in [-0.25, -0.2) is 24.4 Å². The van der Waals surface area contributed by atoms with E-state index in [1.54, 1.807) is 105 Å². The number of rotatable bonds is 13. The number of anilines is 3. The third-order valence-corrected chi connectivity index (χ3v) is 8.85. The van der Waals surface area contributed by atoms with Gasteiger partial charge in [0.25, 0.3) is 11.8 Å². The van der Waals surface area contributed by atoms with Crippen molar-refractivity contribution in [2.45, 2.75) is 51.4 Å². The van der Waals surface area contributed by atoms with Crippen LogP contribution in [0.15, 0.2) is 104 Å². The summed E-state index contributed by atoms with van der Waals surface area (Å²) in [6, 6.07) is 17.7. The largest absolute Gasteiger partial charge is 0.445 e. The Hall–Kier alpha value is -7.30. The number of urea groups is 1. The number of aromatic nitrogens is 4. The van der Waals surface area contributed by atoms with E-state index in [1.165, 1.54) is 21.9 Å². The molecule has 0 radical (unpaired) electrons. The van der Waals surface area contributed by atoms with E-state index < -0.39 is 54.0 Å². The highest BCUT2D eigenvalue weighted by atomic mass is 16.6. The molecule has 3 heterocycles. The molecule has 5 amide bonds. The number of fused-ring (bicyclic) bond motifs is 1. The summed E-state index contributed by atoms with van der Waals surface area (Å²) in [5.74, 6) is -1.88. The van der Waals surface area contributed by atoms with Crippen LogP contribution in [0.4, 0.5) is 26.7 Å². The molecule has 5 aromatic rings. The minimum Gasteiger partial charge on any atom is -0.445 e. The molecule has 0 saturated heterocycles. The van der Waals surface area contributed by atoms with Crippen LogP contribution in [0, 0.1) is 0 Å². The summed E-state index contributed by atoms with van der Waals surface area (Å²) in [4.78, 5) is 96.3. The number of benzene rings is 3. The van der Waals surface area contributed by atoms with Gasteiger partial charge in [0.15, 0.2) is 6.04 Å². The normalized spacial score (nSPS) is 14.9. The smallest absolute Gasteiger partial charge is 0.407 e. The van der Waals surface area contributed by atoms with Crippen molar-refractivity contribution in [3.05, 3.63) is 126 Å². The monoisotopic (exact) mass is 761 g/mol. The zero-order valence-electron chi connectivity index (χ0n) is 30.4. The molecule has 1 aliphatic rings. The number of carbonyl (C=O) groups is 6. The van der Waals surface area contributed by atoms with E-state index >= 15 is 0 Å². The third kappa shape index (κ3) is 9.07. The van der Waals surface area contributed by atoms with E-state index in [2.05, 4.69) is 35.9 Å². The van der Waals surface area contributed by atoms with Gasteiger partial charge in [-0.3, -0.25) is 24.2 Å². The summed E-state index contributed by atoms with van der Waals surface area (Å²) in [7, 11) is 0. The average Bonchev–Trinajstić information content (AvgIpc) is 3.94. The van der Waals surface area contributed by atoms with E-state index in [4.69, 9.17) is 9.47 Å². The number of ether oxygens (including phenoxy) is 2. The molecule has 0 spiro atoms. The van der Waals surface area contributed by atoms with Crippen LogP contribution >= 0.6 is 0 Å². The van der Waals surface area contributed by atoms with E-state index in [9.17, 15) is 28.8 Å². The molecule has 6 rings (SSSR count). The molecule has 2 unspecified atom stereocenters. The number of imidazole rings is 2. The Labute approximate surface area is 320 Å². The SMILES string of the molecule is CC(c1ncc[nH]1)N1C(=O)C(NC(=O)Nc2cccc(COC(=O)NCCCC(=O)OC(=O)c3ccccc3)c2)C(=O)N(C(C)c2ncc[nH]2)c2ccccc21. The van der Waals surface area contributed by atoms with Crippen molar-refractivity contribution < 1.29 is 38.2 Å². The maximum atomic E-state index is 14.4. The summed E-state index contributed by atoms with van der Waals surface area (Å²) in [5.41, 5.74) is 1.95. The van der Waals surface area contributed by atoms with Gasteiger partial charge >= 0.3 is 24.1 Å². The highest BCUT2D eigenvalue weighted by Crippen LogP contribution is 2.40. The van der Waals surface area contributed by atoms with Crippen LogP contribution in [0.3, 0.4) is 0 Å². The molecule has 17 heteroatoms. The first-order valence-corrected chi connectivity index (χ1v) is 17.7. The van der Waals surface area contributed by atoms with Gasteiger partial charge in [0.05, 0.1) is 29.0 Å². The summed E-state index contributed by atoms with van der Waals surface area (Å²) >= 11 is 0. The Morgan fingerprint density at radius 3 is 2.00 bits per heavy atom. The first-order valence-electron chi connectivity index (χ1n) is 17.7. The first-order chi connectivity index (χ1) is 27.1. The second-order valence-corrected chi connectivity index (χ2v) is 12.7. The Kier molecular flexibility index (Phi) is 12.1. The number of amides is 5. The van der Waals surface area contributed by atoms with Crippen molar-refractivity contribution in [3.63, 3.8) is 0 Å². The lowest BCUT2D eigenvalue weighted by atomic mass is 10.1. The number of aromatic amines is 2. The number of nitrogens with one attached hydrogen (secondary N) is 5. The number of nitrogens with zero attached hydrogens (tertiary/aromatic N) is 4. The van der Waals surface area contributed by atoms with Crippen molar-refractivity contribution in [1.29, 1.82) is 0 Å². The Bertz CT molecular complexity index is 2100. The maximum absolute atomic E-state index is 14.4. The van der Waals surface area contributed by atoms with E-state index in [1.807, 2.05) is 0 Å². The Balaban J connectivity index is 1.07. The van der Waals surface area contributed by atoms with Crippen LogP contribution in [0.25, 0.3) is 0 Å². The molecule has 56 heavy (non-hydrogen) atoms. The summed E-state index contributed by atoms with van der Waals surface area (Å²) in [6.07, 6.45) is 5.75. The van der Waals surface area contributed by atoms with Gasteiger partial charge in [-0.05, 0) is 62.2 Å². The van der Waals surface area contributed by atoms with Crippen molar-refractivity contribution in [1.82, 2.24) is 30.6 Å². The van der Waals surface area contributed by atoms with Crippen LogP contribution in [0.5, 0.6) is 0 Å². The fourth-order valence-corrected chi connectivity index (χ4v) is 6.12.